The quantitative estimate of drug-likeness (QED) is 0.898. The van der Waals surface area contributed by atoms with Crippen LogP contribution in [0.1, 0.15) is 28.5 Å². The first-order valence-electron chi connectivity index (χ1n) is 9.44. The van der Waals surface area contributed by atoms with Crippen LogP contribution in [0.3, 0.4) is 0 Å². The molecule has 4 rings (SSSR count). The number of aromatic nitrogens is 1. The molecule has 2 aliphatic heterocycles. The summed E-state index contributed by atoms with van der Waals surface area (Å²) in [5, 5.41) is 0. The van der Waals surface area contributed by atoms with E-state index in [4.69, 9.17) is 5.73 Å². The number of hydrogen-bond donors (Lipinski definition) is 1. The summed E-state index contributed by atoms with van der Waals surface area (Å²) >= 11 is 0. The van der Waals surface area contributed by atoms with Gasteiger partial charge in [-0.2, -0.15) is 0 Å². The van der Waals surface area contributed by atoms with Gasteiger partial charge in [-0.3, -0.25) is 9.78 Å². The van der Waals surface area contributed by atoms with Crippen LogP contribution >= 0.6 is 0 Å². The maximum absolute atomic E-state index is 12.6. The molecule has 26 heavy (non-hydrogen) atoms. The average molecular weight is 350 g/mol. The number of rotatable bonds is 5. The number of pyridine rings is 1. The summed E-state index contributed by atoms with van der Waals surface area (Å²) in [6.07, 6.45) is 2.65. The van der Waals surface area contributed by atoms with Gasteiger partial charge in [-0.1, -0.05) is 36.4 Å². The van der Waals surface area contributed by atoms with Gasteiger partial charge in [0.1, 0.15) is 5.69 Å². The van der Waals surface area contributed by atoms with E-state index >= 15 is 0 Å². The Kier molecular flexibility index (Phi) is 5.00. The van der Waals surface area contributed by atoms with Crippen LogP contribution in [0.5, 0.6) is 0 Å². The number of nitrogens with zero attached hydrogens (tertiary/aromatic N) is 3. The molecule has 3 atom stereocenters. The lowest BCUT2D eigenvalue weighted by atomic mass is 10.0. The van der Waals surface area contributed by atoms with Crippen molar-refractivity contribution in [2.75, 3.05) is 32.7 Å². The number of nitrogens with two attached hydrogens (primary N) is 1. The number of carbonyl (C=O) groups excluding carboxylic acids is 1. The summed E-state index contributed by atoms with van der Waals surface area (Å²) in [4.78, 5) is 21.3. The van der Waals surface area contributed by atoms with Crippen LogP contribution in [0.4, 0.5) is 0 Å². The van der Waals surface area contributed by atoms with Gasteiger partial charge in [-0.25, -0.2) is 0 Å². The Morgan fingerprint density at radius 3 is 2.38 bits per heavy atom. The van der Waals surface area contributed by atoms with Crippen LogP contribution in [0.2, 0.25) is 0 Å². The number of benzene rings is 1. The summed E-state index contributed by atoms with van der Waals surface area (Å²) in [6.45, 7) is 4.86. The number of amides is 1. The zero-order chi connectivity index (χ0) is 17.9. The molecule has 1 aromatic heterocycles. The Morgan fingerprint density at radius 1 is 1.04 bits per heavy atom. The molecule has 2 unspecified atom stereocenters. The second-order valence-corrected chi connectivity index (χ2v) is 7.51. The van der Waals surface area contributed by atoms with Crippen molar-refractivity contribution in [3.8, 4) is 0 Å². The number of fused-ring (bicyclic) bond motifs is 1. The van der Waals surface area contributed by atoms with Crippen LogP contribution in [0, 0.1) is 11.8 Å². The van der Waals surface area contributed by atoms with Gasteiger partial charge in [0, 0.05) is 38.4 Å². The highest BCUT2D eigenvalue weighted by Crippen LogP contribution is 2.32. The minimum Gasteiger partial charge on any atom is -0.337 e. The smallest absolute Gasteiger partial charge is 0.272 e. The van der Waals surface area contributed by atoms with E-state index in [-0.39, 0.29) is 11.9 Å². The average Bonchev–Trinajstić information content (AvgIpc) is 3.25. The lowest BCUT2D eigenvalue weighted by Crippen LogP contribution is -2.34. The standard InChI is InChI=1S/C21H26N4O/c22-19(16-6-2-1-3-7-16)9-11-24-12-17-14-25(15-18(17)13-24)21(26)20-8-4-5-10-23-20/h1-8,10,17-19H,9,11-15,22H2/t17?,18?,19-/m0/s1. The Morgan fingerprint density at radius 2 is 1.73 bits per heavy atom. The van der Waals surface area contributed by atoms with Crippen molar-refractivity contribution in [3.63, 3.8) is 0 Å². The van der Waals surface area contributed by atoms with Gasteiger partial charge in [0.25, 0.3) is 5.91 Å². The van der Waals surface area contributed by atoms with Gasteiger partial charge >= 0.3 is 0 Å². The highest BCUT2D eigenvalue weighted by molar-refractivity contribution is 5.92. The molecule has 1 aromatic carbocycles. The predicted octanol–water partition coefficient (Wildman–Crippen LogP) is 2.18. The Labute approximate surface area is 154 Å². The zero-order valence-electron chi connectivity index (χ0n) is 15.0. The molecule has 0 saturated carbocycles. The van der Waals surface area contributed by atoms with Crippen molar-refractivity contribution in [1.82, 2.24) is 14.8 Å². The highest BCUT2D eigenvalue weighted by atomic mass is 16.2. The minimum atomic E-state index is 0.0673. The number of hydrogen-bond acceptors (Lipinski definition) is 4. The second-order valence-electron chi connectivity index (χ2n) is 7.51. The molecule has 3 heterocycles. The lowest BCUT2D eigenvalue weighted by molar-refractivity contribution is 0.0768. The summed E-state index contributed by atoms with van der Waals surface area (Å²) in [5.74, 6) is 1.23. The molecular formula is C21H26N4O. The number of likely N-dealkylation sites (tertiary alicyclic amines) is 2. The van der Waals surface area contributed by atoms with Gasteiger partial charge in [0.05, 0.1) is 0 Å². The van der Waals surface area contributed by atoms with Crippen LogP contribution in [-0.2, 0) is 0 Å². The molecule has 0 spiro atoms. The van der Waals surface area contributed by atoms with Crippen molar-refractivity contribution in [1.29, 1.82) is 0 Å². The van der Waals surface area contributed by atoms with Crippen LogP contribution in [-0.4, -0.2) is 53.4 Å². The Balaban J connectivity index is 1.27. The van der Waals surface area contributed by atoms with Gasteiger partial charge in [-0.15, -0.1) is 0 Å². The van der Waals surface area contributed by atoms with E-state index in [1.165, 1.54) is 5.56 Å². The molecule has 2 fully saturated rings. The van der Waals surface area contributed by atoms with E-state index in [1.54, 1.807) is 12.3 Å². The van der Waals surface area contributed by atoms with E-state index in [0.717, 1.165) is 39.1 Å². The van der Waals surface area contributed by atoms with Gasteiger partial charge in [-0.05, 0) is 42.5 Å². The van der Waals surface area contributed by atoms with Crippen molar-refractivity contribution < 1.29 is 4.79 Å². The first kappa shape index (κ1) is 17.2. The highest BCUT2D eigenvalue weighted by Gasteiger charge is 2.41. The van der Waals surface area contributed by atoms with E-state index in [2.05, 4.69) is 22.0 Å². The van der Waals surface area contributed by atoms with Crippen LogP contribution in [0.15, 0.2) is 54.7 Å². The molecule has 5 nitrogen and oxygen atoms in total. The summed E-state index contributed by atoms with van der Waals surface area (Å²) < 4.78 is 0. The molecule has 0 radical (unpaired) electrons. The van der Waals surface area contributed by atoms with Crippen LogP contribution < -0.4 is 5.73 Å². The fraction of sp³-hybridized carbons (Fsp3) is 0.429. The fourth-order valence-corrected chi connectivity index (χ4v) is 4.28. The zero-order valence-corrected chi connectivity index (χ0v) is 15.0. The van der Waals surface area contributed by atoms with Gasteiger partial charge in [0.15, 0.2) is 0 Å². The van der Waals surface area contributed by atoms with Gasteiger partial charge < -0.3 is 15.5 Å². The van der Waals surface area contributed by atoms with Gasteiger partial charge in [0.2, 0.25) is 0 Å². The lowest BCUT2D eigenvalue weighted by Gasteiger charge is -2.22. The van der Waals surface area contributed by atoms with Crippen molar-refractivity contribution in [3.05, 3.63) is 66.0 Å². The molecule has 2 aromatic rings. The molecule has 2 aliphatic rings. The van der Waals surface area contributed by atoms with Crippen molar-refractivity contribution in [2.24, 2.45) is 17.6 Å². The second kappa shape index (κ2) is 7.56. The van der Waals surface area contributed by atoms with Crippen LogP contribution in [0.25, 0.3) is 0 Å². The molecule has 0 bridgehead atoms. The van der Waals surface area contributed by atoms with E-state index < -0.39 is 0 Å². The van der Waals surface area contributed by atoms with Crippen molar-refractivity contribution >= 4 is 5.91 Å². The summed E-state index contributed by atoms with van der Waals surface area (Å²) in [6, 6.07) is 15.9. The third kappa shape index (κ3) is 3.64. The monoisotopic (exact) mass is 350 g/mol. The topological polar surface area (TPSA) is 62.5 Å². The molecule has 0 aliphatic carbocycles. The van der Waals surface area contributed by atoms with E-state index in [0.29, 0.717) is 17.5 Å². The Bertz CT molecular complexity index is 722. The van der Waals surface area contributed by atoms with E-state index in [9.17, 15) is 4.79 Å². The predicted molar refractivity (Wildman–Crippen MR) is 102 cm³/mol. The maximum Gasteiger partial charge on any atom is 0.272 e. The number of carbonyl (C=O) groups is 1. The molecular weight excluding hydrogens is 324 g/mol. The fourth-order valence-electron chi connectivity index (χ4n) is 4.28. The van der Waals surface area contributed by atoms with Crippen molar-refractivity contribution in [2.45, 2.75) is 12.5 Å². The molecule has 136 valence electrons. The third-order valence-corrected chi connectivity index (χ3v) is 5.72. The first-order chi connectivity index (χ1) is 12.7. The first-order valence-corrected chi connectivity index (χ1v) is 9.44. The summed E-state index contributed by atoms with van der Waals surface area (Å²) in [7, 11) is 0. The summed E-state index contributed by atoms with van der Waals surface area (Å²) in [5.41, 5.74) is 8.09. The minimum absolute atomic E-state index is 0.0673. The molecule has 2 saturated heterocycles. The largest absolute Gasteiger partial charge is 0.337 e. The normalized spacial score (nSPS) is 23.8. The SMILES string of the molecule is N[C@@H](CCN1CC2CN(C(=O)c3ccccn3)CC2C1)c1ccccc1. The molecule has 1 amide bonds. The third-order valence-electron chi connectivity index (χ3n) is 5.72. The molecule has 5 heteroatoms. The maximum atomic E-state index is 12.6. The Hall–Kier alpha value is -2.24. The molecule has 2 N–H and O–H groups in total. The van der Waals surface area contributed by atoms with E-state index in [1.807, 2.05) is 35.2 Å².